The van der Waals surface area contributed by atoms with E-state index < -0.39 is 0 Å². The standard InChI is InChI=1S/C20H19N3O2S3/c1-11-12(2)28-20-16(11)19(21-10-22-20)27-9-13-8-26-18(23-13)14-6-5-7-15(24-3)17(14)25-4/h5-8,10H,9H2,1-4H3. The fourth-order valence-electron chi connectivity index (χ4n) is 2.95. The van der Waals surface area contributed by atoms with Crippen molar-refractivity contribution in [2.24, 2.45) is 0 Å². The first-order valence-electron chi connectivity index (χ1n) is 8.61. The number of ether oxygens (including phenoxy) is 2. The Kier molecular flexibility index (Phi) is 5.52. The van der Waals surface area contributed by atoms with Gasteiger partial charge in [0.2, 0.25) is 0 Å². The van der Waals surface area contributed by atoms with E-state index in [-0.39, 0.29) is 0 Å². The zero-order valence-electron chi connectivity index (χ0n) is 16.0. The molecule has 0 N–H and O–H groups in total. The Morgan fingerprint density at radius 2 is 1.96 bits per heavy atom. The van der Waals surface area contributed by atoms with E-state index in [9.17, 15) is 0 Å². The molecule has 1 aromatic carbocycles. The molecule has 28 heavy (non-hydrogen) atoms. The predicted octanol–water partition coefficient (Wildman–Crippen LogP) is 5.74. The number of thiophene rings is 1. The first-order valence-corrected chi connectivity index (χ1v) is 11.3. The number of aromatic nitrogens is 3. The molecule has 0 fully saturated rings. The van der Waals surface area contributed by atoms with Gasteiger partial charge in [-0.2, -0.15) is 0 Å². The zero-order valence-corrected chi connectivity index (χ0v) is 18.4. The molecule has 0 saturated carbocycles. The van der Waals surface area contributed by atoms with Crippen molar-refractivity contribution in [2.45, 2.75) is 24.6 Å². The SMILES string of the molecule is COc1cccc(-c2nc(CSc3ncnc4sc(C)c(C)c34)cs2)c1OC. The smallest absolute Gasteiger partial charge is 0.170 e. The minimum atomic E-state index is 0.706. The van der Waals surface area contributed by atoms with Crippen LogP contribution < -0.4 is 9.47 Å². The minimum Gasteiger partial charge on any atom is -0.493 e. The molecule has 144 valence electrons. The maximum atomic E-state index is 5.54. The molecule has 0 unspecified atom stereocenters. The summed E-state index contributed by atoms with van der Waals surface area (Å²) in [5.74, 6) is 2.17. The largest absolute Gasteiger partial charge is 0.493 e. The number of hydrogen-bond donors (Lipinski definition) is 0. The van der Waals surface area contributed by atoms with Gasteiger partial charge in [-0.1, -0.05) is 17.8 Å². The molecule has 0 radical (unpaired) electrons. The van der Waals surface area contributed by atoms with Gasteiger partial charge in [-0.15, -0.1) is 22.7 Å². The van der Waals surface area contributed by atoms with Crippen LogP contribution in [0.2, 0.25) is 0 Å². The van der Waals surface area contributed by atoms with E-state index in [0.717, 1.165) is 31.9 Å². The molecule has 0 atom stereocenters. The van der Waals surface area contributed by atoms with Crippen LogP contribution >= 0.6 is 34.4 Å². The quantitative estimate of drug-likeness (QED) is 0.288. The summed E-state index contributed by atoms with van der Waals surface area (Å²) < 4.78 is 10.9. The maximum Gasteiger partial charge on any atom is 0.170 e. The van der Waals surface area contributed by atoms with Crippen LogP contribution in [0.25, 0.3) is 20.8 Å². The van der Waals surface area contributed by atoms with Gasteiger partial charge in [0.15, 0.2) is 11.5 Å². The number of benzene rings is 1. The predicted molar refractivity (Wildman–Crippen MR) is 117 cm³/mol. The molecular formula is C20H19N3O2S3. The van der Waals surface area contributed by atoms with Crippen molar-refractivity contribution in [3.8, 4) is 22.1 Å². The molecule has 8 heteroatoms. The number of nitrogens with zero attached hydrogens (tertiary/aromatic N) is 3. The number of para-hydroxylation sites is 1. The molecule has 0 aliphatic rings. The highest BCUT2D eigenvalue weighted by Gasteiger charge is 2.16. The summed E-state index contributed by atoms with van der Waals surface area (Å²) in [5.41, 5.74) is 3.23. The number of fused-ring (bicyclic) bond motifs is 1. The monoisotopic (exact) mass is 429 g/mol. The van der Waals surface area contributed by atoms with Crippen molar-refractivity contribution in [3.63, 3.8) is 0 Å². The number of methoxy groups -OCH3 is 2. The van der Waals surface area contributed by atoms with Gasteiger partial charge in [-0.25, -0.2) is 15.0 Å². The fourth-order valence-corrected chi connectivity index (χ4v) is 5.91. The summed E-state index contributed by atoms with van der Waals surface area (Å²) in [7, 11) is 3.29. The Hall–Kier alpha value is -2.16. The van der Waals surface area contributed by atoms with E-state index in [1.807, 2.05) is 18.2 Å². The highest BCUT2D eigenvalue weighted by Crippen LogP contribution is 2.40. The van der Waals surface area contributed by atoms with E-state index in [4.69, 9.17) is 14.5 Å². The van der Waals surface area contributed by atoms with E-state index in [0.29, 0.717) is 11.5 Å². The summed E-state index contributed by atoms with van der Waals surface area (Å²) in [6.45, 7) is 4.27. The van der Waals surface area contributed by atoms with Gasteiger partial charge in [-0.05, 0) is 31.5 Å². The summed E-state index contributed by atoms with van der Waals surface area (Å²) in [5, 5.41) is 5.19. The highest BCUT2D eigenvalue weighted by atomic mass is 32.2. The summed E-state index contributed by atoms with van der Waals surface area (Å²) in [4.78, 5) is 16.1. The molecule has 0 bridgehead atoms. The molecule has 4 aromatic rings. The van der Waals surface area contributed by atoms with E-state index in [1.165, 1.54) is 15.8 Å². The number of rotatable bonds is 6. The van der Waals surface area contributed by atoms with Gasteiger partial charge in [-0.3, -0.25) is 0 Å². The third kappa shape index (κ3) is 3.47. The van der Waals surface area contributed by atoms with E-state index in [1.54, 1.807) is 55.0 Å². The summed E-state index contributed by atoms with van der Waals surface area (Å²) in [6.07, 6.45) is 1.65. The average molecular weight is 430 g/mol. The van der Waals surface area contributed by atoms with E-state index >= 15 is 0 Å². The molecule has 4 rings (SSSR count). The van der Waals surface area contributed by atoms with Gasteiger partial charge in [0.05, 0.1) is 25.5 Å². The molecule has 0 aliphatic heterocycles. The Morgan fingerprint density at radius 1 is 1.11 bits per heavy atom. The lowest BCUT2D eigenvalue weighted by molar-refractivity contribution is 0.356. The van der Waals surface area contributed by atoms with Crippen LogP contribution in [0.3, 0.4) is 0 Å². The van der Waals surface area contributed by atoms with Crippen LogP contribution in [0.15, 0.2) is 34.9 Å². The second-order valence-corrected chi connectivity index (χ2v) is 9.14. The van der Waals surface area contributed by atoms with Crippen molar-refractivity contribution >= 4 is 44.7 Å². The lowest BCUT2D eigenvalue weighted by Gasteiger charge is -2.10. The molecule has 0 saturated heterocycles. The van der Waals surface area contributed by atoms with Gasteiger partial charge in [0.25, 0.3) is 0 Å². The van der Waals surface area contributed by atoms with Crippen molar-refractivity contribution < 1.29 is 9.47 Å². The minimum absolute atomic E-state index is 0.706. The lowest BCUT2D eigenvalue weighted by Crippen LogP contribution is -1.93. The topological polar surface area (TPSA) is 57.1 Å². The maximum absolute atomic E-state index is 5.54. The van der Waals surface area contributed by atoms with Crippen molar-refractivity contribution in [1.82, 2.24) is 15.0 Å². The summed E-state index contributed by atoms with van der Waals surface area (Å²) in [6, 6.07) is 5.84. The Bertz CT molecular complexity index is 1140. The first-order chi connectivity index (χ1) is 13.6. The average Bonchev–Trinajstić information content (AvgIpc) is 3.30. The summed E-state index contributed by atoms with van der Waals surface area (Å²) >= 11 is 5.03. The number of aryl methyl sites for hydroxylation is 2. The molecule has 3 aromatic heterocycles. The number of hydrogen-bond acceptors (Lipinski definition) is 8. The molecule has 0 aliphatic carbocycles. The van der Waals surface area contributed by atoms with Crippen LogP contribution in [0.4, 0.5) is 0 Å². The molecule has 5 nitrogen and oxygen atoms in total. The molecule has 0 amide bonds. The van der Waals surface area contributed by atoms with Crippen molar-refractivity contribution in [1.29, 1.82) is 0 Å². The highest BCUT2D eigenvalue weighted by molar-refractivity contribution is 7.98. The van der Waals surface area contributed by atoms with Crippen LogP contribution in [-0.4, -0.2) is 29.2 Å². The zero-order chi connectivity index (χ0) is 19.7. The third-order valence-electron chi connectivity index (χ3n) is 4.47. The Morgan fingerprint density at radius 3 is 2.75 bits per heavy atom. The fraction of sp³-hybridized carbons (Fsp3) is 0.250. The van der Waals surface area contributed by atoms with E-state index in [2.05, 4.69) is 29.2 Å². The lowest BCUT2D eigenvalue weighted by atomic mass is 10.2. The molecule has 0 spiro atoms. The molecular weight excluding hydrogens is 410 g/mol. The van der Waals surface area contributed by atoms with Gasteiger partial charge < -0.3 is 9.47 Å². The van der Waals surface area contributed by atoms with Crippen molar-refractivity contribution in [2.75, 3.05) is 14.2 Å². The van der Waals surface area contributed by atoms with Crippen LogP contribution in [0, 0.1) is 13.8 Å². The Labute approximate surface area is 175 Å². The number of thiazole rings is 1. The van der Waals surface area contributed by atoms with Crippen LogP contribution in [0.1, 0.15) is 16.1 Å². The van der Waals surface area contributed by atoms with Crippen LogP contribution in [0.5, 0.6) is 11.5 Å². The van der Waals surface area contributed by atoms with Gasteiger partial charge in [0, 0.05) is 21.4 Å². The Balaban J connectivity index is 1.59. The normalized spacial score (nSPS) is 11.1. The van der Waals surface area contributed by atoms with Crippen molar-refractivity contribution in [3.05, 3.63) is 46.0 Å². The van der Waals surface area contributed by atoms with Gasteiger partial charge in [0.1, 0.15) is 21.2 Å². The van der Waals surface area contributed by atoms with Crippen LogP contribution in [-0.2, 0) is 5.75 Å². The molecule has 3 heterocycles. The second-order valence-electron chi connectivity index (χ2n) is 6.12. The van der Waals surface area contributed by atoms with Gasteiger partial charge >= 0.3 is 0 Å². The third-order valence-corrected chi connectivity index (χ3v) is 7.54. The number of thioether (sulfide) groups is 1. The first kappa shape index (κ1) is 19.2. The second kappa shape index (κ2) is 8.06.